The Balaban J connectivity index is 2.84. The van der Waals surface area contributed by atoms with Crippen LogP contribution in [0.5, 0.6) is 0 Å². The van der Waals surface area contributed by atoms with Gasteiger partial charge in [-0.25, -0.2) is 0 Å². The molecule has 3 heteroatoms. The lowest BCUT2D eigenvalue weighted by Crippen LogP contribution is -2.35. The summed E-state index contributed by atoms with van der Waals surface area (Å²) >= 11 is 0. The van der Waals surface area contributed by atoms with Crippen molar-refractivity contribution in [1.82, 2.24) is 0 Å². The van der Waals surface area contributed by atoms with Gasteiger partial charge in [-0.2, -0.15) is 0 Å². The Kier molecular flexibility index (Phi) is 4.30. The number of hydrogen-bond acceptors (Lipinski definition) is 2. The van der Waals surface area contributed by atoms with Gasteiger partial charge in [0.2, 0.25) is 0 Å². The molecule has 0 spiro atoms. The third-order valence-electron chi connectivity index (χ3n) is 2.81. The number of methoxy groups -OCH3 is 1. The van der Waals surface area contributed by atoms with Gasteiger partial charge in [-0.3, -0.25) is 4.79 Å². The average molecular weight is 236 g/mol. The molecule has 0 aromatic heterocycles. The predicted octanol–water partition coefficient (Wildman–Crippen LogP) is 3.11. The van der Waals surface area contributed by atoms with Crippen molar-refractivity contribution < 1.29 is 9.53 Å². The number of hydrogen-bond donors (Lipinski definition) is 0. The molecule has 2 nitrogen and oxygen atoms in total. The van der Waals surface area contributed by atoms with E-state index in [1.165, 1.54) is 12.7 Å². The van der Waals surface area contributed by atoms with Crippen molar-refractivity contribution in [3.05, 3.63) is 35.9 Å². The highest BCUT2D eigenvalue weighted by molar-refractivity contribution is 6.80. The van der Waals surface area contributed by atoms with E-state index < -0.39 is 8.07 Å². The molecular weight excluding hydrogens is 216 g/mol. The van der Waals surface area contributed by atoms with Crippen LogP contribution in [-0.2, 0) is 16.0 Å². The number of carbonyl (C=O) groups excluding carboxylic acids is 1. The highest BCUT2D eigenvalue weighted by atomic mass is 28.3. The maximum atomic E-state index is 11.8. The average Bonchev–Trinajstić information content (AvgIpc) is 2.25. The maximum absolute atomic E-state index is 11.8. The summed E-state index contributed by atoms with van der Waals surface area (Å²) in [6.07, 6.45) is 0.795. The van der Waals surface area contributed by atoms with Crippen LogP contribution < -0.4 is 0 Å². The lowest BCUT2D eigenvalue weighted by Gasteiger charge is -2.26. The molecule has 0 N–H and O–H groups in total. The Morgan fingerprint density at radius 1 is 1.25 bits per heavy atom. The summed E-state index contributed by atoms with van der Waals surface area (Å²) in [5, 5.41) is 0. The maximum Gasteiger partial charge on any atom is 0.306 e. The van der Waals surface area contributed by atoms with E-state index >= 15 is 0 Å². The van der Waals surface area contributed by atoms with Gasteiger partial charge in [0.25, 0.3) is 0 Å². The fraction of sp³-hybridized carbons (Fsp3) is 0.462. The summed E-state index contributed by atoms with van der Waals surface area (Å²) in [6, 6.07) is 10.1. The topological polar surface area (TPSA) is 26.3 Å². The molecule has 0 unspecified atom stereocenters. The molecule has 0 aliphatic rings. The van der Waals surface area contributed by atoms with Gasteiger partial charge >= 0.3 is 5.97 Å². The van der Waals surface area contributed by atoms with E-state index in [-0.39, 0.29) is 11.5 Å². The molecule has 0 aliphatic carbocycles. The molecule has 0 aliphatic heterocycles. The number of ether oxygens (including phenoxy) is 1. The lowest BCUT2D eigenvalue weighted by atomic mass is 10.1. The molecule has 1 atom stereocenters. The third-order valence-corrected chi connectivity index (χ3v) is 5.34. The molecule has 0 amide bonds. The molecule has 1 rings (SSSR count). The van der Waals surface area contributed by atoms with E-state index in [2.05, 4.69) is 31.8 Å². The highest BCUT2D eigenvalue weighted by Gasteiger charge is 2.33. The van der Waals surface area contributed by atoms with Gasteiger partial charge in [-0.15, -0.1) is 0 Å². The highest BCUT2D eigenvalue weighted by Crippen LogP contribution is 2.27. The first-order chi connectivity index (χ1) is 7.45. The van der Waals surface area contributed by atoms with Crippen molar-refractivity contribution in [3.8, 4) is 0 Å². The van der Waals surface area contributed by atoms with Crippen molar-refractivity contribution in [3.63, 3.8) is 0 Å². The summed E-state index contributed by atoms with van der Waals surface area (Å²) in [6.45, 7) is 6.62. The van der Waals surface area contributed by atoms with Crippen LogP contribution >= 0.6 is 0 Å². The molecule has 0 radical (unpaired) electrons. The molecular formula is C13H20O2Si. The molecule has 1 aromatic rings. The normalized spacial score (nSPS) is 13.2. The Hall–Kier alpha value is -1.09. The third kappa shape index (κ3) is 3.49. The fourth-order valence-corrected chi connectivity index (χ4v) is 3.41. The minimum atomic E-state index is -1.53. The van der Waals surface area contributed by atoms with E-state index in [1.807, 2.05) is 18.2 Å². The first kappa shape index (κ1) is 13.0. The largest absolute Gasteiger partial charge is 0.469 e. The Labute approximate surface area is 98.6 Å². The monoisotopic (exact) mass is 236 g/mol. The Morgan fingerprint density at radius 2 is 1.81 bits per heavy atom. The summed E-state index contributed by atoms with van der Waals surface area (Å²) in [5.41, 5.74) is 1.25. The van der Waals surface area contributed by atoms with Crippen LogP contribution in [0.2, 0.25) is 25.2 Å². The van der Waals surface area contributed by atoms with E-state index in [0.717, 1.165) is 6.42 Å². The van der Waals surface area contributed by atoms with Crippen LogP contribution in [-0.4, -0.2) is 21.2 Å². The van der Waals surface area contributed by atoms with Gasteiger partial charge in [0, 0.05) is 0 Å². The zero-order valence-corrected chi connectivity index (χ0v) is 11.5. The lowest BCUT2D eigenvalue weighted by molar-refractivity contribution is -0.140. The number of rotatable bonds is 4. The second-order valence-corrected chi connectivity index (χ2v) is 10.6. The van der Waals surface area contributed by atoms with Crippen LogP contribution in [0.3, 0.4) is 0 Å². The van der Waals surface area contributed by atoms with Gasteiger partial charge in [0.15, 0.2) is 0 Å². The summed E-state index contributed by atoms with van der Waals surface area (Å²) in [4.78, 5) is 11.8. The smallest absolute Gasteiger partial charge is 0.306 e. The van der Waals surface area contributed by atoms with Crippen LogP contribution in [0.15, 0.2) is 30.3 Å². The van der Waals surface area contributed by atoms with E-state index in [1.54, 1.807) is 0 Å². The SMILES string of the molecule is COC(=O)[C@H](Cc1ccccc1)[Si](C)(C)C. The van der Waals surface area contributed by atoms with Gasteiger partial charge in [0.05, 0.1) is 20.7 Å². The van der Waals surface area contributed by atoms with Gasteiger partial charge in [-0.05, 0) is 12.0 Å². The van der Waals surface area contributed by atoms with Crippen LogP contribution in [0.25, 0.3) is 0 Å². The van der Waals surface area contributed by atoms with Gasteiger partial charge in [0.1, 0.15) is 0 Å². The second kappa shape index (κ2) is 5.30. The molecule has 0 heterocycles. The van der Waals surface area contributed by atoms with Crippen LogP contribution in [0.1, 0.15) is 5.56 Å². The second-order valence-electron chi connectivity index (χ2n) is 5.13. The standard InChI is InChI=1S/C13H20O2Si/c1-15-13(14)12(16(2,3)4)10-11-8-6-5-7-9-11/h5-9,12H,10H2,1-4H3/t12-/m0/s1. The summed E-state index contributed by atoms with van der Waals surface area (Å²) in [5.74, 6) is -0.0666. The molecule has 0 fully saturated rings. The van der Waals surface area contributed by atoms with E-state index in [9.17, 15) is 4.79 Å². The molecule has 1 aromatic carbocycles. The van der Waals surface area contributed by atoms with Crippen molar-refractivity contribution in [2.24, 2.45) is 0 Å². The summed E-state index contributed by atoms with van der Waals surface area (Å²) < 4.78 is 4.91. The quantitative estimate of drug-likeness (QED) is 0.593. The molecule has 16 heavy (non-hydrogen) atoms. The van der Waals surface area contributed by atoms with E-state index in [4.69, 9.17) is 4.74 Å². The zero-order chi connectivity index (χ0) is 12.2. The van der Waals surface area contributed by atoms with Crippen molar-refractivity contribution >= 4 is 14.0 Å². The van der Waals surface area contributed by atoms with Crippen molar-refractivity contribution in [1.29, 1.82) is 0 Å². The molecule has 88 valence electrons. The predicted molar refractivity (Wildman–Crippen MR) is 69.3 cm³/mol. The summed E-state index contributed by atoms with van der Waals surface area (Å²) in [7, 11) is -0.0553. The molecule has 0 saturated heterocycles. The van der Waals surface area contributed by atoms with Gasteiger partial charge in [-0.1, -0.05) is 50.0 Å². The van der Waals surface area contributed by atoms with E-state index in [0.29, 0.717) is 0 Å². The molecule has 0 bridgehead atoms. The first-order valence-corrected chi connectivity index (χ1v) is 9.14. The Bertz CT molecular complexity index is 341. The van der Waals surface area contributed by atoms with Crippen molar-refractivity contribution in [2.75, 3.05) is 7.11 Å². The van der Waals surface area contributed by atoms with Crippen molar-refractivity contribution in [2.45, 2.75) is 31.6 Å². The van der Waals surface area contributed by atoms with Crippen LogP contribution in [0.4, 0.5) is 0 Å². The number of carbonyl (C=O) groups is 1. The number of esters is 1. The fourth-order valence-electron chi connectivity index (χ4n) is 1.74. The zero-order valence-electron chi connectivity index (χ0n) is 10.5. The van der Waals surface area contributed by atoms with Crippen LogP contribution in [0, 0.1) is 0 Å². The molecule has 0 saturated carbocycles. The minimum Gasteiger partial charge on any atom is -0.469 e. The number of benzene rings is 1. The first-order valence-electron chi connectivity index (χ1n) is 5.57. The van der Waals surface area contributed by atoms with Gasteiger partial charge < -0.3 is 4.74 Å². The Morgan fingerprint density at radius 3 is 2.25 bits per heavy atom. The minimum absolute atomic E-state index is 0.0416.